The van der Waals surface area contributed by atoms with Crippen LogP contribution in [-0.2, 0) is 20.7 Å². The molecule has 1 atom stereocenters. The van der Waals surface area contributed by atoms with Crippen LogP contribution in [0, 0.1) is 0 Å². The van der Waals surface area contributed by atoms with E-state index in [1.807, 2.05) is 12.1 Å². The number of benzene rings is 1. The molecular formula is C14H16N2O5. The molecule has 21 heavy (non-hydrogen) atoms. The van der Waals surface area contributed by atoms with Gasteiger partial charge in [0.1, 0.15) is 6.54 Å². The number of esters is 1. The predicted octanol–water partition coefficient (Wildman–Crippen LogP) is 0.553. The molecule has 1 aliphatic rings. The Bertz CT molecular complexity index is 572. The average molecular weight is 292 g/mol. The van der Waals surface area contributed by atoms with E-state index in [4.69, 9.17) is 0 Å². The van der Waals surface area contributed by atoms with E-state index in [2.05, 4.69) is 10.1 Å². The molecular weight excluding hydrogens is 276 g/mol. The molecule has 7 heteroatoms. The molecule has 112 valence electrons. The largest absolute Gasteiger partial charge is 0.479 e. The van der Waals surface area contributed by atoms with Crippen LogP contribution in [0.1, 0.15) is 17.2 Å². The lowest BCUT2D eigenvalue weighted by atomic mass is 9.93. The first-order chi connectivity index (χ1) is 10.0. The van der Waals surface area contributed by atoms with Crippen molar-refractivity contribution in [3.8, 4) is 0 Å². The molecule has 7 nitrogen and oxygen atoms in total. The molecule has 0 radical (unpaired) electrons. The Morgan fingerprint density at radius 2 is 2.10 bits per heavy atom. The summed E-state index contributed by atoms with van der Waals surface area (Å²) < 4.78 is 4.43. The van der Waals surface area contributed by atoms with Crippen molar-refractivity contribution in [1.29, 1.82) is 0 Å². The van der Waals surface area contributed by atoms with E-state index in [1.165, 1.54) is 12.0 Å². The number of amides is 2. The topological polar surface area (TPSA) is 95.9 Å². The Labute approximate surface area is 121 Å². The Morgan fingerprint density at radius 1 is 1.38 bits per heavy atom. The molecule has 1 heterocycles. The first-order valence-corrected chi connectivity index (χ1v) is 6.46. The summed E-state index contributed by atoms with van der Waals surface area (Å²) in [6.45, 7) is -0.0131. The van der Waals surface area contributed by atoms with E-state index >= 15 is 0 Å². The fraction of sp³-hybridized carbons (Fsp3) is 0.357. The Hall–Kier alpha value is -2.57. The molecule has 0 spiro atoms. The molecule has 1 aromatic carbocycles. The summed E-state index contributed by atoms with van der Waals surface area (Å²) in [6.07, 6.45) is 0.575. The van der Waals surface area contributed by atoms with Gasteiger partial charge >= 0.3 is 18.0 Å². The SMILES string of the molecule is COC(=O)CNC(=O)N1CCc2ccccc2C1C(=O)O. The number of carbonyl (C=O) groups excluding carboxylic acids is 2. The molecule has 0 saturated carbocycles. The molecule has 2 amide bonds. The maximum absolute atomic E-state index is 12.1. The van der Waals surface area contributed by atoms with Crippen molar-refractivity contribution < 1.29 is 24.2 Å². The molecule has 1 aliphatic heterocycles. The number of aliphatic carboxylic acids is 1. The zero-order chi connectivity index (χ0) is 15.4. The highest BCUT2D eigenvalue weighted by molar-refractivity contribution is 5.86. The Balaban J connectivity index is 2.18. The zero-order valence-electron chi connectivity index (χ0n) is 11.5. The van der Waals surface area contributed by atoms with Crippen LogP contribution in [0.4, 0.5) is 4.79 Å². The summed E-state index contributed by atoms with van der Waals surface area (Å²) >= 11 is 0. The minimum Gasteiger partial charge on any atom is -0.479 e. The lowest BCUT2D eigenvalue weighted by Crippen LogP contribution is -2.49. The van der Waals surface area contributed by atoms with E-state index in [9.17, 15) is 19.5 Å². The minimum absolute atomic E-state index is 0.279. The van der Waals surface area contributed by atoms with Gasteiger partial charge in [0, 0.05) is 6.54 Å². The minimum atomic E-state index is -1.10. The maximum atomic E-state index is 12.1. The summed E-state index contributed by atoms with van der Waals surface area (Å²) in [5.41, 5.74) is 1.52. The van der Waals surface area contributed by atoms with Crippen LogP contribution in [-0.4, -0.2) is 48.2 Å². The molecule has 1 aromatic rings. The third kappa shape index (κ3) is 3.13. The van der Waals surface area contributed by atoms with Crippen LogP contribution in [0.2, 0.25) is 0 Å². The van der Waals surface area contributed by atoms with E-state index in [1.54, 1.807) is 12.1 Å². The quantitative estimate of drug-likeness (QED) is 0.793. The number of fused-ring (bicyclic) bond motifs is 1. The van der Waals surface area contributed by atoms with Crippen LogP contribution in [0.15, 0.2) is 24.3 Å². The molecule has 0 aromatic heterocycles. The van der Waals surface area contributed by atoms with E-state index in [0.717, 1.165) is 5.56 Å². The third-order valence-corrected chi connectivity index (χ3v) is 3.39. The smallest absolute Gasteiger partial charge is 0.331 e. The first-order valence-electron chi connectivity index (χ1n) is 6.46. The van der Waals surface area contributed by atoms with Crippen molar-refractivity contribution >= 4 is 18.0 Å². The van der Waals surface area contributed by atoms with Crippen LogP contribution in [0.5, 0.6) is 0 Å². The summed E-state index contributed by atoms with van der Waals surface area (Å²) in [5, 5.41) is 11.8. The number of carbonyl (C=O) groups is 3. The van der Waals surface area contributed by atoms with Gasteiger partial charge in [0.05, 0.1) is 7.11 Å². The Morgan fingerprint density at radius 3 is 2.76 bits per heavy atom. The van der Waals surface area contributed by atoms with Gasteiger partial charge in [-0.3, -0.25) is 4.79 Å². The summed E-state index contributed by atoms with van der Waals surface area (Å²) in [4.78, 5) is 35.9. The fourth-order valence-corrected chi connectivity index (χ4v) is 2.37. The van der Waals surface area contributed by atoms with Gasteiger partial charge in [-0.15, -0.1) is 0 Å². The van der Waals surface area contributed by atoms with Crippen molar-refractivity contribution in [2.75, 3.05) is 20.2 Å². The zero-order valence-corrected chi connectivity index (χ0v) is 11.5. The van der Waals surface area contributed by atoms with Gasteiger partial charge in [0.25, 0.3) is 0 Å². The number of ether oxygens (including phenoxy) is 1. The predicted molar refractivity (Wildman–Crippen MR) is 72.6 cm³/mol. The molecule has 0 saturated heterocycles. The number of carboxylic acid groups (broad SMARTS) is 1. The van der Waals surface area contributed by atoms with E-state index in [0.29, 0.717) is 12.0 Å². The highest BCUT2D eigenvalue weighted by atomic mass is 16.5. The number of hydrogen-bond acceptors (Lipinski definition) is 4. The molecule has 0 bridgehead atoms. The molecule has 0 fully saturated rings. The molecule has 2 N–H and O–H groups in total. The van der Waals surface area contributed by atoms with Crippen molar-refractivity contribution in [2.45, 2.75) is 12.5 Å². The number of rotatable bonds is 3. The number of carboxylic acids is 1. The van der Waals surface area contributed by atoms with Crippen LogP contribution in [0.3, 0.4) is 0 Å². The van der Waals surface area contributed by atoms with Gasteiger partial charge in [0.2, 0.25) is 0 Å². The normalized spacial score (nSPS) is 16.8. The van der Waals surface area contributed by atoms with Crippen LogP contribution < -0.4 is 5.32 Å². The number of urea groups is 1. The molecule has 2 rings (SSSR count). The number of nitrogens with one attached hydrogen (secondary N) is 1. The van der Waals surface area contributed by atoms with Gasteiger partial charge in [-0.05, 0) is 17.5 Å². The molecule has 0 aliphatic carbocycles. The monoisotopic (exact) mass is 292 g/mol. The standard InChI is InChI=1S/C14H16N2O5/c1-21-11(17)8-15-14(20)16-7-6-9-4-2-3-5-10(9)12(16)13(18)19/h2-5,12H,6-8H2,1H3,(H,15,20)(H,18,19). The van der Waals surface area contributed by atoms with E-state index < -0.39 is 24.0 Å². The van der Waals surface area contributed by atoms with Crippen molar-refractivity contribution in [1.82, 2.24) is 10.2 Å². The number of methoxy groups -OCH3 is 1. The summed E-state index contributed by atoms with van der Waals surface area (Å²) in [5.74, 6) is -1.69. The lowest BCUT2D eigenvalue weighted by Gasteiger charge is -2.34. The lowest BCUT2D eigenvalue weighted by molar-refractivity contribution is -0.142. The fourth-order valence-electron chi connectivity index (χ4n) is 2.37. The van der Waals surface area contributed by atoms with Gasteiger partial charge in [-0.1, -0.05) is 24.3 Å². The van der Waals surface area contributed by atoms with Crippen LogP contribution in [0.25, 0.3) is 0 Å². The Kier molecular flexibility index (Phi) is 4.42. The number of hydrogen-bond donors (Lipinski definition) is 2. The summed E-state index contributed by atoms with van der Waals surface area (Å²) in [7, 11) is 1.21. The average Bonchev–Trinajstić information content (AvgIpc) is 2.50. The second-order valence-electron chi connectivity index (χ2n) is 4.62. The van der Waals surface area contributed by atoms with E-state index in [-0.39, 0.29) is 13.1 Å². The second-order valence-corrected chi connectivity index (χ2v) is 4.62. The molecule has 1 unspecified atom stereocenters. The third-order valence-electron chi connectivity index (χ3n) is 3.39. The van der Waals surface area contributed by atoms with Crippen LogP contribution >= 0.6 is 0 Å². The van der Waals surface area contributed by atoms with Gasteiger partial charge < -0.3 is 20.1 Å². The van der Waals surface area contributed by atoms with Crippen molar-refractivity contribution in [3.05, 3.63) is 35.4 Å². The van der Waals surface area contributed by atoms with Gasteiger partial charge in [-0.2, -0.15) is 0 Å². The van der Waals surface area contributed by atoms with Gasteiger partial charge in [-0.25, -0.2) is 9.59 Å². The highest BCUT2D eigenvalue weighted by Crippen LogP contribution is 2.29. The van der Waals surface area contributed by atoms with Crippen molar-refractivity contribution in [2.24, 2.45) is 0 Å². The van der Waals surface area contributed by atoms with Crippen molar-refractivity contribution in [3.63, 3.8) is 0 Å². The van der Waals surface area contributed by atoms with Gasteiger partial charge in [0.15, 0.2) is 6.04 Å². The first kappa shape index (κ1) is 14.8. The highest BCUT2D eigenvalue weighted by Gasteiger charge is 2.35. The second kappa shape index (κ2) is 6.25. The number of nitrogens with zero attached hydrogens (tertiary/aromatic N) is 1. The maximum Gasteiger partial charge on any atom is 0.331 e. The summed E-state index contributed by atoms with van der Waals surface area (Å²) in [6, 6.07) is 5.49.